The number of fused-ring (bicyclic) bond motifs is 3. The van der Waals surface area contributed by atoms with E-state index in [1.165, 1.54) is 0 Å². The molecule has 4 nitrogen and oxygen atoms in total. The van der Waals surface area contributed by atoms with Crippen molar-refractivity contribution in [1.82, 2.24) is 0 Å². The summed E-state index contributed by atoms with van der Waals surface area (Å²) in [5, 5.41) is 0. The minimum absolute atomic E-state index is 0.0473. The number of carbonyl (C=O) groups excluding carboxylic acids is 1. The Morgan fingerprint density at radius 1 is 1.12 bits per heavy atom. The summed E-state index contributed by atoms with van der Waals surface area (Å²) in [5.74, 6) is 1.21. The molecule has 0 amide bonds. The number of hydrogen-bond donors (Lipinski definition) is 0. The highest BCUT2D eigenvalue weighted by atomic mass is 16.7. The second kappa shape index (κ2) is 4.16. The molecule has 4 heteroatoms. The summed E-state index contributed by atoms with van der Waals surface area (Å²) in [6, 6.07) is 0. The highest BCUT2D eigenvalue weighted by Gasteiger charge is 2.79. The van der Waals surface area contributed by atoms with Gasteiger partial charge >= 0.3 is 0 Å². The van der Waals surface area contributed by atoms with Gasteiger partial charge in [0.2, 0.25) is 0 Å². The molecule has 2 saturated heterocycles. The molecule has 0 bridgehead atoms. The maximum absolute atomic E-state index is 12.5. The van der Waals surface area contributed by atoms with Gasteiger partial charge in [0.25, 0.3) is 0 Å². The van der Waals surface area contributed by atoms with Gasteiger partial charge in [-0.1, -0.05) is 13.0 Å². The fourth-order valence-corrected chi connectivity index (χ4v) is 7.11. The van der Waals surface area contributed by atoms with Crippen LogP contribution in [0.15, 0.2) is 11.6 Å². The van der Waals surface area contributed by atoms with Gasteiger partial charge < -0.3 is 14.2 Å². The minimum atomic E-state index is -0.375. The summed E-state index contributed by atoms with van der Waals surface area (Å²) in [7, 11) is 0. The molecular weight excluding hydrogens is 304 g/mol. The summed E-state index contributed by atoms with van der Waals surface area (Å²) in [6.45, 7) is 3.65. The van der Waals surface area contributed by atoms with Crippen LogP contribution in [-0.2, 0) is 19.0 Å². The van der Waals surface area contributed by atoms with Crippen LogP contribution >= 0.6 is 0 Å². The largest absolute Gasteiger partial charge is 0.358 e. The first-order valence-corrected chi connectivity index (χ1v) is 9.75. The van der Waals surface area contributed by atoms with Crippen molar-refractivity contribution >= 4 is 5.78 Å². The molecule has 6 rings (SSSR count). The Kier molecular flexibility index (Phi) is 2.51. The Balaban J connectivity index is 1.37. The lowest BCUT2D eigenvalue weighted by molar-refractivity contribution is -0.185. The number of hydrogen-bond acceptors (Lipinski definition) is 4. The quantitative estimate of drug-likeness (QED) is 0.506. The van der Waals surface area contributed by atoms with Crippen molar-refractivity contribution < 1.29 is 19.0 Å². The molecule has 1 spiro atoms. The van der Waals surface area contributed by atoms with Crippen LogP contribution in [0.3, 0.4) is 0 Å². The molecule has 3 unspecified atom stereocenters. The second-order valence-electron chi connectivity index (χ2n) is 9.20. The molecule has 5 fully saturated rings. The number of rotatable bonds is 0. The van der Waals surface area contributed by atoms with Crippen LogP contribution in [0, 0.1) is 17.3 Å². The van der Waals surface area contributed by atoms with E-state index in [1.807, 2.05) is 0 Å². The maximum Gasteiger partial charge on any atom is 0.171 e. The Bertz CT molecular complexity index is 663. The van der Waals surface area contributed by atoms with Crippen LogP contribution < -0.4 is 0 Å². The van der Waals surface area contributed by atoms with Gasteiger partial charge in [-0.25, -0.2) is 0 Å². The second-order valence-corrected chi connectivity index (χ2v) is 9.20. The molecule has 3 saturated carbocycles. The molecule has 0 aromatic rings. The van der Waals surface area contributed by atoms with Crippen molar-refractivity contribution in [2.75, 3.05) is 13.2 Å². The zero-order valence-corrected chi connectivity index (χ0v) is 14.4. The van der Waals surface area contributed by atoms with Gasteiger partial charge in [-0.2, -0.15) is 0 Å². The van der Waals surface area contributed by atoms with Crippen LogP contribution in [-0.4, -0.2) is 36.0 Å². The lowest BCUT2D eigenvalue weighted by Crippen LogP contribution is -2.51. The summed E-state index contributed by atoms with van der Waals surface area (Å²) in [4.78, 5) is 12.5. The van der Waals surface area contributed by atoms with Gasteiger partial charge in [0.1, 0.15) is 17.0 Å². The van der Waals surface area contributed by atoms with Gasteiger partial charge in [-0.15, -0.1) is 0 Å². The Morgan fingerprint density at radius 2 is 1.96 bits per heavy atom. The predicted molar refractivity (Wildman–Crippen MR) is 86.3 cm³/mol. The number of ether oxygens (including phenoxy) is 3. The third-order valence-corrected chi connectivity index (χ3v) is 8.38. The van der Waals surface area contributed by atoms with Gasteiger partial charge in [0.15, 0.2) is 5.79 Å². The molecular formula is C20H26O4. The maximum atomic E-state index is 12.5. The molecule has 0 N–H and O–H groups in total. The number of carbonyl (C=O) groups is 1. The number of Topliss-reactive ketones (excluding diaryl/α,β-unsaturated/α-hetero) is 1. The summed E-state index contributed by atoms with van der Waals surface area (Å²) < 4.78 is 18.5. The number of epoxide rings is 1. The first kappa shape index (κ1) is 14.5. The SMILES string of the molecule is CC12CC=C3C(CC[C@@]45CC6(CC[C@@]34O5)OCCO6)C1CCC2=O. The minimum Gasteiger partial charge on any atom is -0.358 e. The van der Waals surface area contributed by atoms with Crippen molar-refractivity contribution in [2.45, 2.75) is 75.3 Å². The first-order valence-electron chi connectivity index (χ1n) is 9.75. The monoisotopic (exact) mass is 330 g/mol. The molecule has 24 heavy (non-hydrogen) atoms. The summed E-state index contributed by atoms with van der Waals surface area (Å²) in [6.07, 6.45) is 10.3. The van der Waals surface area contributed by atoms with Gasteiger partial charge in [-0.05, 0) is 49.5 Å². The van der Waals surface area contributed by atoms with Crippen molar-refractivity contribution in [3.8, 4) is 0 Å². The van der Waals surface area contributed by atoms with Crippen LogP contribution in [0.1, 0.15) is 58.3 Å². The summed E-state index contributed by atoms with van der Waals surface area (Å²) in [5.41, 5.74) is 1.34. The van der Waals surface area contributed by atoms with Gasteiger partial charge in [0, 0.05) is 24.7 Å². The number of ketones is 1. The molecule has 4 aliphatic carbocycles. The topological polar surface area (TPSA) is 48.1 Å². The molecule has 2 aliphatic heterocycles. The Hall–Kier alpha value is -0.710. The lowest BCUT2D eigenvalue weighted by atomic mass is 9.54. The van der Waals surface area contributed by atoms with E-state index in [-0.39, 0.29) is 22.4 Å². The van der Waals surface area contributed by atoms with E-state index < -0.39 is 0 Å². The lowest BCUT2D eigenvalue weighted by Gasteiger charge is -2.48. The van der Waals surface area contributed by atoms with Crippen LogP contribution in [0.2, 0.25) is 0 Å². The van der Waals surface area contributed by atoms with Gasteiger partial charge in [0.05, 0.1) is 13.2 Å². The van der Waals surface area contributed by atoms with Crippen LogP contribution in [0.4, 0.5) is 0 Å². The molecule has 2 heterocycles. The number of allylic oxidation sites excluding steroid dienone is 1. The van der Waals surface area contributed by atoms with Crippen LogP contribution in [0.25, 0.3) is 0 Å². The van der Waals surface area contributed by atoms with E-state index in [1.54, 1.807) is 5.57 Å². The Morgan fingerprint density at radius 3 is 2.79 bits per heavy atom. The molecule has 0 aromatic heterocycles. The molecule has 0 radical (unpaired) electrons. The van der Waals surface area contributed by atoms with E-state index in [9.17, 15) is 4.79 Å². The van der Waals surface area contributed by atoms with Crippen LogP contribution in [0.5, 0.6) is 0 Å². The van der Waals surface area contributed by atoms with Crippen molar-refractivity contribution in [2.24, 2.45) is 17.3 Å². The smallest absolute Gasteiger partial charge is 0.171 e. The zero-order chi connectivity index (χ0) is 16.2. The third-order valence-electron chi connectivity index (χ3n) is 8.38. The zero-order valence-electron chi connectivity index (χ0n) is 14.4. The van der Waals surface area contributed by atoms with E-state index in [0.717, 1.165) is 64.6 Å². The first-order chi connectivity index (χ1) is 11.5. The van der Waals surface area contributed by atoms with E-state index in [0.29, 0.717) is 17.6 Å². The summed E-state index contributed by atoms with van der Waals surface area (Å²) >= 11 is 0. The predicted octanol–water partition coefficient (Wildman–Crippen LogP) is 3.15. The van der Waals surface area contributed by atoms with Crippen molar-refractivity contribution in [3.05, 3.63) is 11.6 Å². The average Bonchev–Trinajstić information content (AvgIpc) is 2.88. The van der Waals surface area contributed by atoms with E-state index in [2.05, 4.69) is 13.0 Å². The highest BCUT2D eigenvalue weighted by molar-refractivity contribution is 5.87. The Labute approximate surface area is 142 Å². The average molecular weight is 330 g/mol. The van der Waals surface area contributed by atoms with Crippen molar-refractivity contribution in [1.29, 1.82) is 0 Å². The van der Waals surface area contributed by atoms with E-state index >= 15 is 0 Å². The third kappa shape index (κ3) is 1.47. The fraction of sp³-hybridized carbons (Fsp3) is 0.850. The molecule has 0 aromatic carbocycles. The van der Waals surface area contributed by atoms with Gasteiger partial charge in [-0.3, -0.25) is 4.79 Å². The molecule has 6 aliphatic rings. The van der Waals surface area contributed by atoms with E-state index in [4.69, 9.17) is 14.2 Å². The molecule has 130 valence electrons. The standard InChI is InChI=1S/C20H26O4/c1-17-6-5-15-13(14(17)2-3-16(17)21)4-7-18-12-19(22-10-11-23-19)8-9-20(15,18)24-18/h5,13-14H,2-4,6-12H2,1H3/t13?,14?,17?,18-,20-/m1/s1. The molecule has 5 atom stereocenters. The normalized spacial score (nSPS) is 53.9. The fourth-order valence-electron chi connectivity index (χ4n) is 7.11. The van der Waals surface area contributed by atoms with Crippen molar-refractivity contribution in [3.63, 3.8) is 0 Å². The highest BCUT2D eigenvalue weighted by Crippen LogP contribution is 2.73.